The van der Waals surface area contributed by atoms with Gasteiger partial charge >= 0.3 is 0 Å². The van der Waals surface area contributed by atoms with E-state index in [0.29, 0.717) is 5.92 Å². The molecule has 3 heteroatoms. The van der Waals surface area contributed by atoms with E-state index in [1.807, 2.05) is 0 Å². The zero-order valence-electron chi connectivity index (χ0n) is 10.7. The molecule has 92 valence electrons. The number of alkyl halides is 1. The third-order valence-electron chi connectivity index (χ3n) is 2.70. The minimum atomic E-state index is 0.163. The third-order valence-corrected chi connectivity index (χ3v) is 4.01. The molecule has 16 heavy (non-hydrogen) atoms. The van der Waals surface area contributed by atoms with Crippen LogP contribution in [0, 0.1) is 5.92 Å². The van der Waals surface area contributed by atoms with Crippen LogP contribution in [0.25, 0.3) is 0 Å². The summed E-state index contributed by atoms with van der Waals surface area (Å²) in [4.78, 5) is 4.71. The van der Waals surface area contributed by atoms with Crippen LogP contribution in [0.15, 0.2) is 5.38 Å². The molecule has 0 bridgehead atoms. The summed E-state index contributed by atoms with van der Waals surface area (Å²) in [6.45, 7) is 8.83. The summed E-state index contributed by atoms with van der Waals surface area (Å²) < 4.78 is 0. The topological polar surface area (TPSA) is 12.9 Å². The van der Waals surface area contributed by atoms with Crippen LogP contribution in [0.4, 0.5) is 0 Å². The molecule has 0 aliphatic carbocycles. The van der Waals surface area contributed by atoms with Gasteiger partial charge in [-0.15, -0.1) is 22.9 Å². The van der Waals surface area contributed by atoms with Gasteiger partial charge in [-0.2, -0.15) is 0 Å². The molecule has 0 N–H and O–H groups in total. The predicted octanol–water partition coefficient (Wildman–Crippen LogP) is 4.64. The van der Waals surface area contributed by atoms with E-state index in [-0.39, 0.29) is 5.41 Å². The van der Waals surface area contributed by atoms with Crippen LogP contribution in [0.3, 0.4) is 0 Å². The van der Waals surface area contributed by atoms with Crippen molar-refractivity contribution in [3.8, 4) is 0 Å². The number of thiazole rings is 1. The Morgan fingerprint density at radius 2 is 2.12 bits per heavy atom. The van der Waals surface area contributed by atoms with Crippen molar-refractivity contribution < 1.29 is 0 Å². The van der Waals surface area contributed by atoms with Crippen molar-refractivity contribution in [3.63, 3.8) is 0 Å². The lowest BCUT2D eigenvalue weighted by atomic mass is 9.93. The zero-order valence-corrected chi connectivity index (χ0v) is 12.3. The Hall–Kier alpha value is -0.0800. The molecule has 0 amide bonds. The maximum Gasteiger partial charge on any atom is 0.0931 e. The van der Waals surface area contributed by atoms with Crippen molar-refractivity contribution in [3.05, 3.63) is 16.1 Å². The van der Waals surface area contributed by atoms with Gasteiger partial charge in [0.25, 0.3) is 0 Å². The fourth-order valence-corrected chi connectivity index (χ4v) is 3.04. The summed E-state index contributed by atoms with van der Waals surface area (Å²) in [6, 6.07) is 0. The molecule has 1 nitrogen and oxygen atoms in total. The average molecular weight is 260 g/mol. The maximum atomic E-state index is 5.97. The van der Waals surface area contributed by atoms with Crippen LogP contribution in [0.2, 0.25) is 0 Å². The van der Waals surface area contributed by atoms with Gasteiger partial charge in [-0.25, -0.2) is 4.98 Å². The van der Waals surface area contributed by atoms with Crippen LogP contribution in [-0.4, -0.2) is 10.9 Å². The molecule has 0 saturated heterocycles. The summed E-state index contributed by atoms with van der Waals surface area (Å²) in [6.07, 6.45) is 3.45. The Morgan fingerprint density at radius 1 is 1.44 bits per heavy atom. The second-order valence-corrected chi connectivity index (χ2v) is 6.64. The quantitative estimate of drug-likeness (QED) is 0.702. The number of nitrogens with zero attached hydrogens (tertiary/aromatic N) is 1. The fourth-order valence-electron chi connectivity index (χ4n) is 1.64. The van der Waals surface area contributed by atoms with E-state index in [2.05, 4.69) is 33.1 Å². The monoisotopic (exact) mass is 259 g/mol. The summed E-state index contributed by atoms with van der Waals surface area (Å²) in [5, 5.41) is 3.43. The highest BCUT2D eigenvalue weighted by Gasteiger charge is 2.18. The van der Waals surface area contributed by atoms with E-state index in [0.717, 1.165) is 12.3 Å². The van der Waals surface area contributed by atoms with Crippen molar-refractivity contribution in [1.82, 2.24) is 4.98 Å². The molecule has 0 aliphatic heterocycles. The molecular weight excluding hydrogens is 238 g/mol. The second kappa shape index (κ2) is 6.02. The molecule has 0 aliphatic rings. The maximum absolute atomic E-state index is 5.97. The molecule has 0 fully saturated rings. The highest BCUT2D eigenvalue weighted by atomic mass is 35.5. The molecule has 1 rings (SSSR count). The number of hydrogen-bond acceptors (Lipinski definition) is 2. The predicted molar refractivity (Wildman–Crippen MR) is 73.6 cm³/mol. The normalized spacial score (nSPS) is 14.1. The van der Waals surface area contributed by atoms with Gasteiger partial charge in [-0.3, -0.25) is 0 Å². The summed E-state index contributed by atoms with van der Waals surface area (Å²) >= 11 is 7.75. The SMILES string of the molecule is CCCC(CCl)Cc1nc(C(C)(C)C)cs1. The van der Waals surface area contributed by atoms with Crippen LogP contribution in [-0.2, 0) is 11.8 Å². The van der Waals surface area contributed by atoms with E-state index in [9.17, 15) is 0 Å². The Balaban J connectivity index is 2.64. The molecule has 0 aromatic carbocycles. The summed E-state index contributed by atoms with van der Waals surface area (Å²) in [5.41, 5.74) is 1.37. The first-order valence-electron chi connectivity index (χ1n) is 5.98. The van der Waals surface area contributed by atoms with Gasteiger partial charge < -0.3 is 0 Å². The first-order valence-corrected chi connectivity index (χ1v) is 7.39. The molecule has 1 atom stereocenters. The van der Waals surface area contributed by atoms with Crippen molar-refractivity contribution in [2.75, 3.05) is 5.88 Å². The van der Waals surface area contributed by atoms with Crippen LogP contribution < -0.4 is 0 Å². The van der Waals surface area contributed by atoms with E-state index in [1.165, 1.54) is 23.5 Å². The van der Waals surface area contributed by atoms with E-state index >= 15 is 0 Å². The van der Waals surface area contributed by atoms with Crippen molar-refractivity contribution in [2.45, 2.75) is 52.4 Å². The second-order valence-electron chi connectivity index (χ2n) is 5.39. The molecular formula is C13H22ClNS. The van der Waals surface area contributed by atoms with Crippen molar-refractivity contribution in [2.24, 2.45) is 5.92 Å². The van der Waals surface area contributed by atoms with Gasteiger partial charge in [-0.05, 0) is 12.3 Å². The van der Waals surface area contributed by atoms with Crippen LogP contribution >= 0.6 is 22.9 Å². The van der Waals surface area contributed by atoms with Gasteiger partial charge in [0, 0.05) is 23.1 Å². The highest BCUT2D eigenvalue weighted by molar-refractivity contribution is 7.09. The van der Waals surface area contributed by atoms with Crippen LogP contribution in [0.5, 0.6) is 0 Å². The summed E-state index contributed by atoms with van der Waals surface area (Å²) in [5.74, 6) is 1.34. The number of hydrogen-bond donors (Lipinski definition) is 0. The largest absolute Gasteiger partial charge is 0.246 e. The Kier molecular flexibility index (Phi) is 5.26. The average Bonchev–Trinajstić information content (AvgIpc) is 2.65. The Labute approximate surface area is 108 Å². The molecule has 0 radical (unpaired) electrons. The molecule has 0 spiro atoms. The van der Waals surface area contributed by atoms with Gasteiger partial charge in [-0.1, -0.05) is 34.1 Å². The van der Waals surface area contributed by atoms with E-state index < -0.39 is 0 Å². The molecule has 1 aromatic rings. The lowest BCUT2D eigenvalue weighted by Crippen LogP contribution is -2.12. The van der Waals surface area contributed by atoms with E-state index in [1.54, 1.807) is 11.3 Å². The lowest BCUT2D eigenvalue weighted by Gasteiger charge is -2.14. The minimum Gasteiger partial charge on any atom is -0.246 e. The smallest absolute Gasteiger partial charge is 0.0931 e. The number of aromatic nitrogens is 1. The standard InChI is InChI=1S/C13H22ClNS/c1-5-6-10(8-14)7-12-15-11(9-16-12)13(2,3)4/h9-10H,5-8H2,1-4H3. The first kappa shape index (κ1) is 14.0. The van der Waals surface area contributed by atoms with E-state index in [4.69, 9.17) is 16.6 Å². The first-order chi connectivity index (χ1) is 7.47. The van der Waals surface area contributed by atoms with Gasteiger partial charge in [0.05, 0.1) is 10.7 Å². The van der Waals surface area contributed by atoms with Gasteiger partial charge in [0.15, 0.2) is 0 Å². The molecule has 1 aromatic heterocycles. The minimum absolute atomic E-state index is 0.163. The lowest BCUT2D eigenvalue weighted by molar-refractivity contribution is 0.521. The Bertz CT molecular complexity index is 314. The molecule has 1 heterocycles. The van der Waals surface area contributed by atoms with Gasteiger partial charge in [0.1, 0.15) is 0 Å². The fraction of sp³-hybridized carbons (Fsp3) is 0.769. The van der Waals surface area contributed by atoms with Crippen molar-refractivity contribution in [1.29, 1.82) is 0 Å². The van der Waals surface area contributed by atoms with Crippen molar-refractivity contribution >= 4 is 22.9 Å². The number of rotatable bonds is 5. The highest BCUT2D eigenvalue weighted by Crippen LogP contribution is 2.26. The Morgan fingerprint density at radius 3 is 2.56 bits per heavy atom. The number of halogens is 1. The summed E-state index contributed by atoms with van der Waals surface area (Å²) in [7, 11) is 0. The third kappa shape index (κ3) is 4.06. The van der Waals surface area contributed by atoms with Gasteiger partial charge in [0.2, 0.25) is 0 Å². The molecule has 0 saturated carbocycles. The van der Waals surface area contributed by atoms with Crippen LogP contribution in [0.1, 0.15) is 51.2 Å². The molecule has 1 unspecified atom stereocenters. The zero-order chi connectivity index (χ0) is 12.2.